The summed E-state index contributed by atoms with van der Waals surface area (Å²) in [4.78, 5) is 17.0. The van der Waals surface area contributed by atoms with E-state index < -0.39 is 10.0 Å². The number of hydrogen-bond acceptors (Lipinski definition) is 4. The van der Waals surface area contributed by atoms with Crippen molar-refractivity contribution in [3.63, 3.8) is 0 Å². The standard InChI is InChI=1S/C20H23FN4O3S/c1-13-11-14(21)5-7-16(13)23-20(26)10-9-19-22-17-12-15(29(27,28)24(2)3)6-8-18(17)25(19)4/h5-8,11-12H,9-10H2,1-4H3,(H,23,26). The van der Waals surface area contributed by atoms with Crippen molar-refractivity contribution < 1.29 is 17.6 Å². The molecule has 3 aromatic rings. The van der Waals surface area contributed by atoms with Crippen molar-refractivity contribution in [2.24, 2.45) is 7.05 Å². The van der Waals surface area contributed by atoms with Crippen LogP contribution in [-0.2, 0) is 28.3 Å². The molecule has 0 unspecified atom stereocenters. The second kappa shape index (κ2) is 7.92. The lowest BCUT2D eigenvalue weighted by molar-refractivity contribution is -0.116. The van der Waals surface area contributed by atoms with Gasteiger partial charge in [-0.05, 0) is 48.9 Å². The fourth-order valence-corrected chi connectivity index (χ4v) is 3.95. The molecule has 29 heavy (non-hydrogen) atoms. The zero-order valence-corrected chi connectivity index (χ0v) is 17.5. The van der Waals surface area contributed by atoms with Gasteiger partial charge in [-0.25, -0.2) is 22.1 Å². The minimum Gasteiger partial charge on any atom is -0.331 e. The fraction of sp³-hybridized carbons (Fsp3) is 0.300. The summed E-state index contributed by atoms with van der Waals surface area (Å²) in [7, 11) is 1.23. The van der Waals surface area contributed by atoms with Crippen molar-refractivity contribution >= 4 is 32.7 Å². The van der Waals surface area contributed by atoms with Gasteiger partial charge in [0.1, 0.15) is 11.6 Å². The SMILES string of the molecule is Cc1cc(F)ccc1NC(=O)CCc1nc2cc(S(=O)(=O)N(C)C)ccc2n1C. The van der Waals surface area contributed by atoms with Gasteiger partial charge >= 0.3 is 0 Å². The molecular weight excluding hydrogens is 395 g/mol. The number of carbonyl (C=O) groups excluding carboxylic acids is 1. The molecular formula is C20H23FN4O3S. The van der Waals surface area contributed by atoms with Crippen molar-refractivity contribution in [2.75, 3.05) is 19.4 Å². The smallest absolute Gasteiger partial charge is 0.242 e. The number of amides is 1. The molecule has 0 saturated heterocycles. The third-order valence-corrected chi connectivity index (χ3v) is 6.57. The maximum absolute atomic E-state index is 13.2. The molecule has 1 aromatic heterocycles. The summed E-state index contributed by atoms with van der Waals surface area (Å²) in [5.74, 6) is 0.115. The molecule has 0 aliphatic carbocycles. The molecule has 9 heteroatoms. The molecule has 0 atom stereocenters. The molecule has 1 amide bonds. The maximum Gasteiger partial charge on any atom is 0.242 e. The van der Waals surface area contributed by atoms with Crippen LogP contribution >= 0.6 is 0 Å². The maximum atomic E-state index is 13.2. The highest BCUT2D eigenvalue weighted by atomic mass is 32.2. The molecule has 1 heterocycles. The van der Waals surface area contributed by atoms with E-state index in [4.69, 9.17) is 0 Å². The number of carbonyl (C=O) groups is 1. The first-order chi connectivity index (χ1) is 13.6. The minimum absolute atomic E-state index is 0.171. The quantitative estimate of drug-likeness (QED) is 0.667. The normalized spacial score (nSPS) is 11.9. The van der Waals surface area contributed by atoms with Crippen LogP contribution in [0.2, 0.25) is 0 Å². The molecule has 0 bridgehead atoms. The van der Waals surface area contributed by atoms with Crippen LogP contribution in [0.4, 0.5) is 10.1 Å². The van der Waals surface area contributed by atoms with Gasteiger partial charge in [0.25, 0.3) is 0 Å². The van der Waals surface area contributed by atoms with E-state index >= 15 is 0 Å². The Labute approximate surface area is 169 Å². The Morgan fingerprint density at radius 2 is 1.93 bits per heavy atom. The number of hydrogen-bond donors (Lipinski definition) is 1. The average Bonchev–Trinajstić information content (AvgIpc) is 2.97. The number of aryl methyl sites for hydroxylation is 3. The Bertz CT molecular complexity index is 1190. The van der Waals surface area contributed by atoms with Crippen LogP contribution in [0.3, 0.4) is 0 Å². The van der Waals surface area contributed by atoms with Crippen molar-refractivity contribution in [2.45, 2.75) is 24.7 Å². The van der Waals surface area contributed by atoms with Crippen molar-refractivity contribution in [3.8, 4) is 0 Å². The number of rotatable bonds is 6. The van der Waals surface area contributed by atoms with E-state index in [0.29, 0.717) is 29.0 Å². The molecule has 0 aliphatic rings. The van der Waals surface area contributed by atoms with E-state index in [1.54, 1.807) is 19.1 Å². The van der Waals surface area contributed by atoms with Crippen molar-refractivity contribution in [3.05, 3.63) is 53.6 Å². The Kier molecular flexibility index (Phi) is 5.72. The highest BCUT2D eigenvalue weighted by Crippen LogP contribution is 2.22. The lowest BCUT2D eigenvalue weighted by Gasteiger charge is -2.10. The van der Waals surface area contributed by atoms with Crippen LogP contribution in [0.25, 0.3) is 11.0 Å². The number of fused-ring (bicyclic) bond motifs is 1. The molecule has 0 spiro atoms. The third-order valence-electron chi connectivity index (χ3n) is 4.76. The molecule has 1 N–H and O–H groups in total. The van der Waals surface area contributed by atoms with Crippen LogP contribution in [0.5, 0.6) is 0 Å². The lowest BCUT2D eigenvalue weighted by Crippen LogP contribution is -2.22. The van der Waals surface area contributed by atoms with Gasteiger partial charge < -0.3 is 9.88 Å². The summed E-state index contributed by atoms with van der Waals surface area (Å²) >= 11 is 0. The Morgan fingerprint density at radius 3 is 2.59 bits per heavy atom. The Morgan fingerprint density at radius 1 is 1.21 bits per heavy atom. The molecule has 0 fully saturated rings. The van der Waals surface area contributed by atoms with Crippen LogP contribution in [0.15, 0.2) is 41.3 Å². The first-order valence-electron chi connectivity index (χ1n) is 9.03. The first-order valence-corrected chi connectivity index (χ1v) is 10.5. The second-order valence-corrected chi connectivity index (χ2v) is 9.18. The van der Waals surface area contributed by atoms with Crippen LogP contribution in [0.1, 0.15) is 17.8 Å². The number of benzene rings is 2. The molecule has 0 radical (unpaired) electrons. The summed E-state index contributed by atoms with van der Waals surface area (Å²) in [5, 5.41) is 2.77. The summed E-state index contributed by atoms with van der Waals surface area (Å²) < 4.78 is 40.8. The number of aromatic nitrogens is 2. The number of anilines is 1. The number of nitrogens with one attached hydrogen (secondary N) is 1. The average molecular weight is 418 g/mol. The number of imidazole rings is 1. The van der Waals surface area contributed by atoms with Crippen molar-refractivity contribution in [1.29, 1.82) is 0 Å². The molecule has 0 aliphatic heterocycles. The number of sulfonamides is 1. The van der Waals surface area contributed by atoms with E-state index in [-0.39, 0.29) is 23.0 Å². The Hall–Kier alpha value is -2.78. The largest absolute Gasteiger partial charge is 0.331 e. The van der Waals surface area contributed by atoms with Gasteiger partial charge in [0.2, 0.25) is 15.9 Å². The molecule has 2 aromatic carbocycles. The second-order valence-electron chi connectivity index (χ2n) is 7.03. The van der Waals surface area contributed by atoms with Crippen LogP contribution in [-0.4, -0.2) is 42.3 Å². The van der Waals surface area contributed by atoms with E-state index in [2.05, 4.69) is 10.3 Å². The van der Waals surface area contributed by atoms with Gasteiger partial charge in [0, 0.05) is 39.7 Å². The highest BCUT2D eigenvalue weighted by Gasteiger charge is 2.19. The topological polar surface area (TPSA) is 84.3 Å². The van der Waals surface area contributed by atoms with E-state index in [1.165, 1.54) is 38.4 Å². The monoisotopic (exact) mass is 418 g/mol. The van der Waals surface area contributed by atoms with Gasteiger partial charge in [-0.1, -0.05) is 0 Å². The predicted octanol–water partition coefficient (Wildman–Crippen LogP) is 2.84. The molecule has 7 nitrogen and oxygen atoms in total. The predicted molar refractivity (Wildman–Crippen MR) is 110 cm³/mol. The number of halogens is 1. The van der Waals surface area contributed by atoms with E-state index in [0.717, 1.165) is 9.82 Å². The summed E-state index contributed by atoms with van der Waals surface area (Å²) in [6, 6.07) is 8.99. The number of nitrogens with zero attached hydrogens (tertiary/aromatic N) is 3. The van der Waals surface area contributed by atoms with E-state index in [1.807, 2.05) is 11.6 Å². The fourth-order valence-electron chi connectivity index (χ4n) is 3.03. The van der Waals surface area contributed by atoms with Gasteiger partial charge in [-0.3, -0.25) is 4.79 Å². The summed E-state index contributed by atoms with van der Waals surface area (Å²) in [6.45, 7) is 1.73. The molecule has 3 rings (SSSR count). The zero-order chi connectivity index (χ0) is 21.3. The highest BCUT2D eigenvalue weighted by molar-refractivity contribution is 7.89. The third kappa shape index (κ3) is 4.30. The van der Waals surface area contributed by atoms with Gasteiger partial charge in [-0.2, -0.15) is 0 Å². The van der Waals surface area contributed by atoms with Gasteiger partial charge in [0.15, 0.2) is 0 Å². The minimum atomic E-state index is -3.55. The first kappa shape index (κ1) is 20.9. The van der Waals surface area contributed by atoms with Crippen LogP contribution in [0, 0.1) is 12.7 Å². The summed E-state index contributed by atoms with van der Waals surface area (Å²) in [6.07, 6.45) is 0.573. The zero-order valence-electron chi connectivity index (χ0n) is 16.7. The van der Waals surface area contributed by atoms with E-state index in [9.17, 15) is 17.6 Å². The van der Waals surface area contributed by atoms with Crippen LogP contribution < -0.4 is 5.32 Å². The lowest BCUT2D eigenvalue weighted by atomic mass is 10.2. The van der Waals surface area contributed by atoms with Gasteiger partial charge in [0.05, 0.1) is 15.9 Å². The van der Waals surface area contributed by atoms with Crippen molar-refractivity contribution in [1.82, 2.24) is 13.9 Å². The van der Waals surface area contributed by atoms with Gasteiger partial charge in [-0.15, -0.1) is 0 Å². The summed E-state index contributed by atoms with van der Waals surface area (Å²) in [5.41, 5.74) is 2.56. The Balaban J connectivity index is 1.76. The molecule has 0 saturated carbocycles. The molecule has 154 valence electrons.